The number of sulfone groups is 1. The van der Waals surface area contributed by atoms with E-state index in [0.29, 0.717) is 13.0 Å². The quantitative estimate of drug-likeness (QED) is 0.676. The van der Waals surface area contributed by atoms with Gasteiger partial charge in [0, 0.05) is 6.26 Å². The lowest BCUT2D eigenvalue weighted by Gasteiger charge is -2.12. The summed E-state index contributed by atoms with van der Waals surface area (Å²) in [5.41, 5.74) is 0. The smallest absolute Gasteiger partial charge is 0.321 e. The Labute approximate surface area is 84.6 Å². The maximum Gasteiger partial charge on any atom is 0.321 e. The molecule has 0 radical (unpaired) electrons. The highest BCUT2D eigenvalue weighted by Gasteiger charge is 2.27. The summed E-state index contributed by atoms with van der Waals surface area (Å²) in [5.74, 6) is -1.26. The molecule has 0 rings (SSSR count). The molecule has 14 heavy (non-hydrogen) atoms. The molecule has 1 atom stereocenters. The van der Waals surface area contributed by atoms with Crippen molar-refractivity contribution in [1.29, 1.82) is 0 Å². The topological polar surface area (TPSA) is 74.7 Å². The van der Waals surface area contributed by atoms with E-state index in [-0.39, 0.29) is 6.42 Å². The van der Waals surface area contributed by atoms with Crippen molar-refractivity contribution in [2.45, 2.75) is 18.1 Å². The molecule has 0 amide bonds. The van der Waals surface area contributed by atoms with Crippen molar-refractivity contribution in [2.24, 2.45) is 0 Å². The molecule has 0 aromatic carbocycles. The third-order valence-electron chi connectivity index (χ3n) is 1.86. The Bertz CT molecular complexity index is 284. The van der Waals surface area contributed by atoms with E-state index in [1.807, 2.05) is 19.0 Å². The van der Waals surface area contributed by atoms with E-state index in [1.54, 1.807) is 0 Å². The molecular formula is C8H17NO4S. The standard InChI is InChI=1S/C8H17NO4S/c1-9(2)6-4-5-7(8(10)11)14(3,12)13/h7H,4-6H2,1-3H3,(H,10,11). The van der Waals surface area contributed by atoms with Crippen LogP contribution in [0.25, 0.3) is 0 Å². The molecule has 1 unspecified atom stereocenters. The van der Waals surface area contributed by atoms with Crippen molar-refractivity contribution >= 4 is 15.8 Å². The Balaban J connectivity index is 4.21. The van der Waals surface area contributed by atoms with Crippen LogP contribution in [0.2, 0.25) is 0 Å². The van der Waals surface area contributed by atoms with Crippen molar-refractivity contribution in [3.63, 3.8) is 0 Å². The molecule has 0 aliphatic carbocycles. The average Bonchev–Trinajstić information content (AvgIpc) is 1.94. The molecule has 0 bridgehead atoms. The Morgan fingerprint density at radius 1 is 1.43 bits per heavy atom. The lowest BCUT2D eigenvalue weighted by molar-refractivity contribution is -0.136. The van der Waals surface area contributed by atoms with Crippen molar-refractivity contribution in [3.05, 3.63) is 0 Å². The fourth-order valence-corrected chi connectivity index (χ4v) is 2.07. The molecular weight excluding hydrogens is 206 g/mol. The fourth-order valence-electron chi connectivity index (χ4n) is 1.11. The molecule has 1 N–H and O–H groups in total. The van der Waals surface area contributed by atoms with Crippen LogP contribution in [0.4, 0.5) is 0 Å². The van der Waals surface area contributed by atoms with Crippen LogP contribution in [0, 0.1) is 0 Å². The number of hydrogen-bond donors (Lipinski definition) is 1. The Kier molecular flexibility index (Phi) is 5.07. The van der Waals surface area contributed by atoms with Crippen LogP contribution in [0.1, 0.15) is 12.8 Å². The molecule has 0 aliphatic rings. The summed E-state index contributed by atoms with van der Waals surface area (Å²) in [6.45, 7) is 0.694. The van der Waals surface area contributed by atoms with E-state index in [1.165, 1.54) is 0 Å². The molecule has 0 aliphatic heterocycles. The lowest BCUT2D eigenvalue weighted by Crippen LogP contribution is -2.30. The van der Waals surface area contributed by atoms with Crippen LogP contribution < -0.4 is 0 Å². The molecule has 6 heteroatoms. The number of carboxylic acid groups (broad SMARTS) is 1. The van der Waals surface area contributed by atoms with Crippen molar-refractivity contribution in [1.82, 2.24) is 4.90 Å². The first kappa shape index (κ1) is 13.4. The van der Waals surface area contributed by atoms with Gasteiger partial charge in [0.1, 0.15) is 0 Å². The summed E-state index contributed by atoms with van der Waals surface area (Å²) in [6, 6.07) is 0. The van der Waals surface area contributed by atoms with Crippen LogP contribution in [0.15, 0.2) is 0 Å². The van der Waals surface area contributed by atoms with E-state index in [9.17, 15) is 13.2 Å². The van der Waals surface area contributed by atoms with Gasteiger partial charge in [0.25, 0.3) is 0 Å². The van der Waals surface area contributed by atoms with Gasteiger partial charge in [0.15, 0.2) is 15.1 Å². The summed E-state index contributed by atoms with van der Waals surface area (Å²) in [6.07, 6.45) is 1.70. The molecule has 84 valence electrons. The van der Waals surface area contributed by atoms with Crippen molar-refractivity contribution in [2.75, 3.05) is 26.9 Å². The van der Waals surface area contributed by atoms with E-state index >= 15 is 0 Å². The van der Waals surface area contributed by atoms with Gasteiger partial charge in [-0.15, -0.1) is 0 Å². The maximum atomic E-state index is 11.1. The van der Waals surface area contributed by atoms with Crippen molar-refractivity contribution < 1.29 is 18.3 Å². The second-order valence-corrected chi connectivity index (χ2v) is 5.83. The highest BCUT2D eigenvalue weighted by atomic mass is 32.2. The molecule has 0 fully saturated rings. The van der Waals surface area contributed by atoms with E-state index in [4.69, 9.17) is 5.11 Å². The first-order chi connectivity index (χ1) is 6.25. The minimum Gasteiger partial charge on any atom is -0.480 e. The zero-order valence-electron chi connectivity index (χ0n) is 8.73. The number of aliphatic carboxylic acids is 1. The summed E-state index contributed by atoms with van der Waals surface area (Å²) < 4.78 is 22.1. The van der Waals surface area contributed by atoms with Gasteiger partial charge in [-0.2, -0.15) is 0 Å². The number of nitrogens with zero attached hydrogens (tertiary/aromatic N) is 1. The summed E-state index contributed by atoms with van der Waals surface area (Å²) in [7, 11) is 0.235. The predicted molar refractivity (Wildman–Crippen MR) is 54.1 cm³/mol. The first-order valence-electron chi connectivity index (χ1n) is 4.31. The summed E-state index contributed by atoms with van der Waals surface area (Å²) >= 11 is 0. The third-order valence-corrected chi connectivity index (χ3v) is 3.33. The van der Waals surface area contributed by atoms with Gasteiger partial charge in [-0.3, -0.25) is 4.79 Å². The molecule has 5 nitrogen and oxygen atoms in total. The SMILES string of the molecule is CN(C)CCCC(C(=O)O)S(C)(=O)=O. The van der Waals surface area contributed by atoms with Gasteiger partial charge < -0.3 is 10.0 Å². The van der Waals surface area contributed by atoms with E-state index in [0.717, 1.165) is 6.26 Å². The number of carboxylic acids is 1. The van der Waals surface area contributed by atoms with Crippen LogP contribution >= 0.6 is 0 Å². The number of rotatable bonds is 6. The lowest BCUT2D eigenvalue weighted by atomic mass is 10.2. The van der Waals surface area contributed by atoms with Gasteiger partial charge in [0.05, 0.1) is 0 Å². The molecule has 0 aromatic heterocycles. The minimum atomic E-state index is -3.48. The summed E-state index contributed by atoms with van der Waals surface area (Å²) in [4.78, 5) is 12.5. The molecule has 0 saturated heterocycles. The number of hydrogen-bond acceptors (Lipinski definition) is 4. The minimum absolute atomic E-state index is 0.173. The van der Waals surface area contributed by atoms with Gasteiger partial charge in [-0.1, -0.05) is 0 Å². The first-order valence-corrected chi connectivity index (χ1v) is 6.27. The number of carbonyl (C=O) groups is 1. The Morgan fingerprint density at radius 2 is 1.93 bits per heavy atom. The largest absolute Gasteiger partial charge is 0.480 e. The molecule has 0 saturated carbocycles. The van der Waals surface area contributed by atoms with Gasteiger partial charge >= 0.3 is 5.97 Å². The highest BCUT2D eigenvalue weighted by molar-refractivity contribution is 7.92. The molecule has 0 spiro atoms. The van der Waals surface area contributed by atoms with Crippen LogP contribution in [-0.2, 0) is 14.6 Å². The summed E-state index contributed by atoms with van der Waals surface area (Å²) in [5, 5.41) is 7.42. The molecule has 0 heterocycles. The van der Waals surface area contributed by atoms with Crippen LogP contribution in [0.5, 0.6) is 0 Å². The van der Waals surface area contributed by atoms with Gasteiger partial charge in [-0.25, -0.2) is 8.42 Å². The predicted octanol–water partition coefficient (Wildman–Crippen LogP) is -0.174. The van der Waals surface area contributed by atoms with E-state index < -0.39 is 21.1 Å². The monoisotopic (exact) mass is 223 g/mol. The normalized spacial score (nSPS) is 14.3. The zero-order valence-corrected chi connectivity index (χ0v) is 9.54. The van der Waals surface area contributed by atoms with Crippen molar-refractivity contribution in [3.8, 4) is 0 Å². The second-order valence-electron chi connectivity index (χ2n) is 3.60. The van der Waals surface area contributed by atoms with E-state index in [2.05, 4.69) is 0 Å². The Morgan fingerprint density at radius 3 is 2.21 bits per heavy atom. The highest BCUT2D eigenvalue weighted by Crippen LogP contribution is 2.08. The van der Waals surface area contributed by atoms with Gasteiger partial charge in [0.2, 0.25) is 0 Å². The zero-order chi connectivity index (χ0) is 11.4. The third kappa shape index (κ3) is 5.18. The van der Waals surface area contributed by atoms with Crippen LogP contribution in [-0.4, -0.2) is 56.5 Å². The van der Waals surface area contributed by atoms with Gasteiger partial charge in [-0.05, 0) is 33.5 Å². The molecule has 0 aromatic rings. The fraction of sp³-hybridized carbons (Fsp3) is 0.875. The Hall–Kier alpha value is -0.620. The maximum absolute atomic E-state index is 11.1. The average molecular weight is 223 g/mol. The second kappa shape index (κ2) is 5.31. The van der Waals surface area contributed by atoms with Crippen LogP contribution in [0.3, 0.4) is 0 Å².